The van der Waals surface area contributed by atoms with Crippen molar-refractivity contribution in [3.05, 3.63) is 47.5 Å². The van der Waals surface area contributed by atoms with E-state index in [1.807, 2.05) is 11.6 Å². The van der Waals surface area contributed by atoms with Gasteiger partial charge in [-0.05, 0) is 67.7 Å². The van der Waals surface area contributed by atoms with Gasteiger partial charge >= 0.3 is 0 Å². The Labute approximate surface area is 250 Å². The lowest BCUT2D eigenvalue weighted by Crippen LogP contribution is -2.50. The van der Waals surface area contributed by atoms with Gasteiger partial charge in [-0.3, -0.25) is 9.59 Å². The molecular weight excluding hydrogens is 547 g/mol. The molecular formula is C33H39FN6O3. The highest BCUT2D eigenvalue weighted by molar-refractivity contribution is 6.00. The van der Waals surface area contributed by atoms with E-state index in [4.69, 9.17) is 15.5 Å². The van der Waals surface area contributed by atoms with Crippen molar-refractivity contribution in [3.63, 3.8) is 0 Å². The summed E-state index contributed by atoms with van der Waals surface area (Å²) in [6, 6.07) is 11.8. The topological polar surface area (TPSA) is 107 Å². The van der Waals surface area contributed by atoms with Crippen molar-refractivity contribution in [2.75, 3.05) is 27.2 Å². The smallest absolute Gasteiger partial charge is 0.254 e. The van der Waals surface area contributed by atoms with Gasteiger partial charge in [0.15, 0.2) is 5.82 Å². The molecule has 7 rings (SSSR count). The lowest BCUT2D eigenvalue weighted by Gasteiger charge is -2.35. The van der Waals surface area contributed by atoms with Gasteiger partial charge in [0, 0.05) is 50.1 Å². The second kappa shape index (κ2) is 10.7. The highest BCUT2D eigenvalue weighted by Gasteiger charge is 2.37. The van der Waals surface area contributed by atoms with Crippen LogP contribution >= 0.6 is 0 Å². The zero-order valence-corrected chi connectivity index (χ0v) is 25.0. The highest BCUT2D eigenvalue weighted by Crippen LogP contribution is 2.46. The number of nitrogens with two attached hydrogens (primary N) is 1. The third-order valence-corrected chi connectivity index (χ3v) is 9.63. The minimum Gasteiger partial charge on any atom is -0.494 e. The van der Waals surface area contributed by atoms with Crippen LogP contribution in [-0.2, 0) is 18.4 Å². The molecule has 3 fully saturated rings. The number of carbonyl (C=O) groups excluding carboxylic acids is 2. The summed E-state index contributed by atoms with van der Waals surface area (Å²) in [5.41, 5.74) is 11.4. The molecule has 10 heteroatoms. The number of nitrogens with one attached hydrogen (secondary N) is 1. The molecule has 2 aliphatic carbocycles. The Morgan fingerprint density at radius 3 is 2.60 bits per heavy atom. The molecule has 4 aromatic rings. The number of carbonyl (C=O) groups is 2. The summed E-state index contributed by atoms with van der Waals surface area (Å²) < 4.78 is 24.5. The number of methoxy groups -OCH3 is 1. The van der Waals surface area contributed by atoms with E-state index in [1.165, 1.54) is 28.8 Å². The van der Waals surface area contributed by atoms with Crippen molar-refractivity contribution in [2.45, 2.75) is 56.8 Å². The Hall–Kier alpha value is -3.92. The minimum atomic E-state index is -1.13. The summed E-state index contributed by atoms with van der Waals surface area (Å²) >= 11 is 0. The number of para-hydroxylation sites is 1. The second-order valence-electron chi connectivity index (χ2n) is 12.7. The summed E-state index contributed by atoms with van der Waals surface area (Å²) in [6.45, 7) is 1.27. The number of hydrogen-bond donors (Lipinski definition) is 2. The SMILES string of the molecule is CNC(=O)C1CC(c2cccc3cc(-c4nc5cc(C(=O)N6C[C@H](N)C[C@@H](F)C6)cc(OC)c5n4C)n(CC4CC4)c23)C1. The van der Waals surface area contributed by atoms with Crippen LogP contribution in [0.2, 0.25) is 0 Å². The lowest BCUT2D eigenvalue weighted by molar-refractivity contribution is -0.127. The van der Waals surface area contributed by atoms with Crippen molar-refractivity contribution < 1.29 is 18.7 Å². The number of nitrogens with zero attached hydrogens (tertiary/aromatic N) is 4. The summed E-state index contributed by atoms with van der Waals surface area (Å²) in [5, 5.41) is 3.96. The zero-order valence-electron chi connectivity index (χ0n) is 25.0. The Morgan fingerprint density at radius 1 is 1.12 bits per heavy atom. The van der Waals surface area contributed by atoms with E-state index < -0.39 is 6.17 Å². The van der Waals surface area contributed by atoms with E-state index in [2.05, 4.69) is 34.1 Å². The number of ether oxygens (including phenoxy) is 1. The largest absolute Gasteiger partial charge is 0.494 e. The monoisotopic (exact) mass is 586 g/mol. The molecule has 0 unspecified atom stereocenters. The molecule has 2 saturated carbocycles. The van der Waals surface area contributed by atoms with Crippen LogP contribution in [0.15, 0.2) is 36.4 Å². The fraction of sp³-hybridized carbons (Fsp3) is 0.485. The fourth-order valence-corrected chi connectivity index (χ4v) is 7.15. The van der Waals surface area contributed by atoms with E-state index >= 15 is 0 Å². The van der Waals surface area contributed by atoms with Crippen LogP contribution in [0, 0.1) is 11.8 Å². The average Bonchev–Trinajstić information content (AvgIpc) is 3.63. The Morgan fingerprint density at radius 2 is 1.91 bits per heavy atom. The van der Waals surface area contributed by atoms with Gasteiger partial charge in [0.2, 0.25) is 5.91 Å². The van der Waals surface area contributed by atoms with Crippen LogP contribution < -0.4 is 15.8 Å². The molecule has 3 N–H and O–H groups in total. The number of aromatic nitrogens is 3. The van der Waals surface area contributed by atoms with Gasteiger partial charge in [0.1, 0.15) is 17.4 Å². The third-order valence-electron chi connectivity index (χ3n) is 9.63. The maximum absolute atomic E-state index is 14.3. The number of benzene rings is 2. The van der Waals surface area contributed by atoms with Gasteiger partial charge < -0.3 is 29.8 Å². The number of amides is 2. The lowest BCUT2D eigenvalue weighted by atomic mass is 9.70. The van der Waals surface area contributed by atoms with Crippen molar-refractivity contribution in [1.82, 2.24) is 24.3 Å². The molecule has 2 aromatic heterocycles. The first-order valence-electron chi connectivity index (χ1n) is 15.3. The molecule has 2 atom stereocenters. The van der Waals surface area contributed by atoms with Gasteiger partial charge in [0.25, 0.3) is 5.91 Å². The second-order valence-corrected chi connectivity index (χ2v) is 12.7. The number of rotatable bonds is 7. The number of halogens is 1. The maximum Gasteiger partial charge on any atom is 0.254 e. The number of alkyl halides is 1. The van der Waals surface area contributed by atoms with Gasteiger partial charge in [-0.25, -0.2) is 9.37 Å². The van der Waals surface area contributed by atoms with Crippen LogP contribution in [0.5, 0.6) is 5.75 Å². The molecule has 1 aliphatic heterocycles. The van der Waals surface area contributed by atoms with E-state index in [1.54, 1.807) is 26.3 Å². The number of likely N-dealkylation sites (tertiary alicyclic amines) is 1. The van der Waals surface area contributed by atoms with E-state index in [-0.39, 0.29) is 36.7 Å². The van der Waals surface area contributed by atoms with Crippen LogP contribution in [0.25, 0.3) is 33.5 Å². The minimum absolute atomic E-state index is 0.0365. The van der Waals surface area contributed by atoms with Crippen LogP contribution in [0.4, 0.5) is 4.39 Å². The zero-order chi connectivity index (χ0) is 30.0. The maximum atomic E-state index is 14.3. The number of aryl methyl sites for hydroxylation is 1. The summed E-state index contributed by atoms with van der Waals surface area (Å²) in [7, 11) is 5.27. The average molecular weight is 587 g/mol. The molecule has 3 heterocycles. The van der Waals surface area contributed by atoms with Crippen LogP contribution in [0.1, 0.15) is 53.9 Å². The Balaban J connectivity index is 1.31. The molecule has 0 radical (unpaired) electrons. The van der Waals surface area contributed by atoms with Crippen molar-refractivity contribution >= 4 is 33.8 Å². The van der Waals surface area contributed by atoms with Crippen molar-refractivity contribution in [2.24, 2.45) is 24.6 Å². The molecule has 0 bridgehead atoms. The molecule has 0 spiro atoms. The summed E-state index contributed by atoms with van der Waals surface area (Å²) in [5.74, 6) is 2.22. The molecule has 1 saturated heterocycles. The molecule has 43 heavy (non-hydrogen) atoms. The number of imidazole rings is 1. The van der Waals surface area contributed by atoms with Crippen molar-refractivity contribution in [1.29, 1.82) is 0 Å². The first kappa shape index (κ1) is 27.9. The highest BCUT2D eigenvalue weighted by atomic mass is 19.1. The molecule has 9 nitrogen and oxygen atoms in total. The van der Waals surface area contributed by atoms with Crippen LogP contribution in [-0.4, -0.2) is 70.3 Å². The third kappa shape index (κ3) is 4.85. The van der Waals surface area contributed by atoms with Gasteiger partial charge in [-0.15, -0.1) is 0 Å². The number of fused-ring (bicyclic) bond motifs is 2. The molecule has 2 amide bonds. The number of hydrogen-bond acceptors (Lipinski definition) is 5. The van der Waals surface area contributed by atoms with Crippen LogP contribution in [0.3, 0.4) is 0 Å². The Bertz CT molecular complexity index is 1720. The first-order chi connectivity index (χ1) is 20.7. The van der Waals surface area contributed by atoms with Crippen molar-refractivity contribution in [3.8, 4) is 17.3 Å². The summed E-state index contributed by atoms with van der Waals surface area (Å²) in [6.07, 6.45) is 3.27. The normalized spacial score (nSPS) is 23.9. The molecule has 226 valence electrons. The molecule has 2 aromatic carbocycles. The predicted octanol–water partition coefficient (Wildman–Crippen LogP) is 4.36. The van der Waals surface area contributed by atoms with E-state index in [0.29, 0.717) is 35.2 Å². The van der Waals surface area contributed by atoms with E-state index in [9.17, 15) is 14.0 Å². The molecule has 3 aliphatic rings. The quantitative estimate of drug-likeness (QED) is 0.335. The predicted molar refractivity (Wildman–Crippen MR) is 164 cm³/mol. The fourth-order valence-electron chi connectivity index (χ4n) is 7.15. The Kier molecular flexibility index (Phi) is 6.91. The van der Waals surface area contributed by atoms with Gasteiger partial charge in [-0.1, -0.05) is 18.2 Å². The van der Waals surface area contributed by atoms with E-state index in [0.717, 1.165) is 41.8 Å². The number of piperidine rings is 1. The van der Waals surface area contributed by atoms with Gasteiger partial charge in [-0.2, -0.15) is 0 Å². The standard InChI is InChI=1S/C33H39FN6O3/c1-36-32(41)21-9-20(10-21)25-6-4-5-19-12-27(40(29(19)25)15-18-7-8-18)31-37-26-11-22(13-28(43-3)30(26)38(31)2)33(42)39-16-23(34)14-24(35)17-39/h4-6,11-13,18,20-21,23-24H,7-10,14-17,35H2,1-3H3,(H,36,41)/t20?,21?,23-,24-/m1/s1. The van der Waals surface area contributed by atoms with Gasteiger partial charge in [0.05, 0.1) is 30.4 Å². The summed E-state index contributed by atoms with van der Waals surface area (Å²) in [4.78, 5) is 32.3. The first-order valence-corrected chi connectivity index (χ1v) is 15.3.